The van der Waals surface area contributed by atoms with Gasteiger partial charge >= 0.3 is 0 Å². The quantitative estimate of drug-likeness (QED) is 0.716. The second-order valence-electron chi connectivity index (χ2n) is 4.14. The molecule has 0 saturated heterocycles. The van der Waals surface area contributed by atoms with Gasteiger partial charge < -0.3 is 10.7 Å². The number of hydrogen-bond acceptors (Lipinski definition) is 1. The molecule has 0 aromatic carbocycles. The van der Waals surface area contributed by atoms with E-state index in [1.54, 1.807) is 0 Å². The Morgan fingerprint density at radius 3 is 2.62 bits per heavy atom. The molecule has 2 nitrogen and oxygen atoms in total. The fraction of sp³-hybridized carbons (Fsp3) is 0.636. The highest BCUT2D eigenvalue weighted by atomic mass is 14.7. The van der Waals surface area contributed by atoms with Gasteiger partial charge in [-0.3, -0.25) is 0 Å². The molecule has 0 radical (unpaired) electrons. The SMILES string of the molecule is NCC1(c2cc[nH]c2)CCCCC1. The summed E-state index contributed by atoms with van der Waals surface area (Å²) in [4.78, 5) is 3.13. The molecule has 2 heteroatoms. The van der Waals surface area contributed by atoms with Gasteiger partial charge in [0.05, 0.1) is 0 Å². The van der Waals surface area contributed by atoms with Crippen LogP contribution in [0.1, 0.15) is 37.7 Å². The minimum absolute atomic E-state index is 0.290. The summed E-state index contributed by atoms with van der Waals surface area (Å²) in [5, 5.41) is 0. The summed E-state index contributed by atoms with van der Waals surface area (Å²) in [5.74, 6) is 0. The number of H-pyrrole nitrogens is 1. The van der Waals surface area contributed by atoms with Crippen LogP contribution in [0.2, 0.25) is 0 Å². The van der Waals surface area contributed by atoms with E-state index in [1.165, 1.54) is 37.7 Å². The van der Waals surface area contributed by atoms with Crippen LogP contribution in [0.4, 0.5) is 0 Å². The molecule has 1 aliphatic rings. The van der Waals surface area contributed by atoms with E-state index in [4.69, 9.17) is 5.73 Å². The smallest absolute Gasteiger partial charge is 0.00904 e. The van der Waals surface area contributed by atoms with Crippen LogP contribution in [-0.2, 0) is 5.41 Å². The molecule has 72 valence electrons. The fourth-order valence-electron chi connectivity index (χ4n) is 2.49. The molecule has 1 saturated carbocycles. The lowest BCUT2D eigenvalue weighted by Crippen LogP contribution is -2.36. The highest BCUT2D eigenvalue weighted by Crippen LogP contribution is 2.38. The van der Waals surface area contributed by atoms with Gasteiger partial charge in [0, 0.05) is 24.4 Å². The van der Waals surface area contributed by atoms with E-state index >= 15 is 0 Å². The van der Waals surface area contributed by atoms with E-state index in [2.05, 4.69) is 17.2 Å². The van der Waals surface area contributed by atoms with Crippen molar-refractivity contribution in [3.8, 4) is 0 Å². The molecular weight excluding hydrogens is 160 g/mol. The maximum atomic E-state index is 5.92. The van der Waals surface area contributed by atoms with E-state index in [9.17, 15) is 0 Å². The van der Waals surface area contributed by atoms with E-state index in [0.717, 1.165) is 6.54 Å². The number of aromatic amines is 1. The van der Waals surface area contributed by atoms with Crippen molar-refractivity contribution in [2.45, 2.75) is 37.5 Å². The topological polar surface area (TPSA) is 41.8 Å². The van der Waals surface area contributed by atoms with E-state index in [0.29, 0.717) is 0 Å². The Kier molecular flexibility index (Phi) is 2.40. The third kappa shape index (κ3) is 1.51. The average molecular weight is 178 g/mol. The third-order valence-corrected chi connectivity index (χ3v) is 3.41. The molecule has 13 heavy (non-hydrogen) atoms. The Morgan fingerprint density at radius 2 is 2.08 bits per heavy atom. The first-order valence-corrected chi connectivity index (χ1v) is 5.21. The van der Waals surface area contributed by atoms with Crippen LogP contribution in [-0.4, -0.2) is 11.5 Å². The van der Waals surface area contributed by atoms with Crippen LogP contribution in [0.3, 0.4) is 0 Å². The monoisotopic (exact) mass is 178 g/mol. The summed E-state index contributed by atoms with van der Waals surface area (Å²) in [6.45, 7) is 0.796. The molecular formula is C11H18N2. The zero-order valence-electron chi connectivity index (χ0n) is 8.05. The van der Waals surface area contributed by atoms with E-state index in [1.807, 2.05) is 6.20 Å². The summed E-state index contributed by atoms with van der Waals surface area (Å²) in [6.07, 6.45) is 10.7. The zero-order valence-corrected chi connectivity index (χ0v) is 8.05. The summed E-state index contributed by atoms with van der Waals surface area (Å²) >= 11 is 0. The van der Waals surface area contributed by atoms with Crippen molar-refractivity contribution in [3.05, 3.63) is 24.0 Å². The van der Waals surface area contributed by atoms with Crippen LogP contribution in [0.25, 0.3) is 0 Å². The Hall–Kier alpha value is -0.760. The van der Waals surface area contributed by atoms with Gasteiger partial charge in [0.15, 0.2) is 0 Å². The second-order valence-corrected chi connectivity index (χ2v) is 4.14. The first kappa shape index (κ1) is 8.82. The highest BCUT2D eigenvalue weighted by molar-refractivity contribution is 5.23. The van der Waals surface area contributed by atoms with Gasteiger partial charge in [0.25, 0.3) is 0 Å². The van der Waals surface area contributed by atoms with Gasteiger partial charge in [-0.15, -0.1) is 0 Å². The van der Waals surface area contributed by atoms with Crippen LogP contribution >= 0.6 is 0 Å². The Labute approximate surface area is 79.5 Å². The van der Waals surface area contributed by atoms with Crippen LogP contribution in [0, 0.1) is 0 Å². The summed E-state index contributed by atoms with van der Waals surface area (Å²) < 4.78 is 0. The normalized spacial score (nSPS) is 21.6. The Bertz CT molecular complexity index is 245. The van der Waals surface area contributed by atoms with Crippen molar-refractivity contribution in [2.75, 3.05) is 6.54 Å². The van der Waals surface area contributed by atoms with Crippen molar-refractivity contribution < 1.29 is 0 Å². The molecule has 3 N–H and O–H groups in total. The lowest BCUT2D eigenvalue weighted by molar-refractivity contribution is 0.301. The Balaban J connectivity index is 2.23. The summed E-state index contributed by atoms with van der Waals surface area (Å²) in [6, 6.07) is 2.18. The Morgan fingerprint density at radius 1 is 1.31 bits per heavy atom. The van der Waals surface area contributed by atoms with Gasteiger partial charge in [0.2, 0.25) is 0 Å². The number of nitrogens with two attached hydrogens (primary N) is 1. The predicted octanol–water partition coefficient (Wildman–Crippen LogP) is 2.18. The van der Waals surface area contributed by atoms with E-state index in [-0.39, 0.29) is 5.41 Å². The molecule has 0 atom stereocenters. The van der Waals surface area contributed by atoms with Crippen molar-refractivity contribution in [1.29, 1.82) is 0 Å². The third-order valence-electron chi connectivity index (χ3n) is 3.41. The predicted molar refractivity (Wildman–Crippen MR) is 54.6 cm³/mol. The van der Waals surface area contributed by atoms with Gasteiger partial charge in [-0.1, -0.05) is 19.3 Å². The number of nitrogens with one attached hydrogen (secondary N) is 1. The maximum Gasteiger partial charge on any atom is 0.00904 e. The van der Waals surface area contributed by atoms with Gasteiger partial charge in [-0.25, -0.2) is 0 Å². The first-order chi connectivity index (χ1) is 6.37. The first-order valence-electron chi connectivity index (χ1n) is 5.21. The second kappa shape index (κ2) is 3.54. The van der Waals surface area contributed by atoms with Crippen molar-refractivity contribution in [1.82, 2.24) is 4.98 Å². The number of hydrogen-bond donors (Lipinski definition) is 2. The average Bonchev–Trinajstić information content (AvgIpc) is 2.72. The van der Waals surface area contributed by atoms with Crippen molar-refractivity contribution >= 4 is 0 Å². The lowest BCUT2D eigenvalue weighted by atomic mass is 9.70. The maximum absolute atomic E-state index is 5.92. The van der Waals surface area contributed by atoms with Crippen LogP contribution in [0.5, 0.6) is 0 Å². The molecule has 2 rings (SSSR count). The summed E-state index contributed by atoms with van der Waals surface area (Å²) in [5.41, 5.74) is 7.62. The molecule has 0 aliphatic heterocycles. The fourth-order valence-corrected chi connectivity index (χ4v) is 2.49. The molecule has 0 unspecified atom stereocenters. The highest BCUT2D eigenvalue weighted by Gasteiger charge is 2.32. The van der Waals surface area contributed by atoms with Gasteiger partial charge in [-0.2, -0.15) is 0 Å². The molecule has 1 aromatic rings. The van der Waals surface area contributed by atoms with Crippen LogP contribution in [0.15, 0.2) is 18.5 Å². The number of rotatable bonds is 2. The standard InChI is InChI=1S/C11H18N2/c12-9-11(5-2-1-3-6-11)10-4-7-13-8-10/h4,7-8,13H,1-3,5-6,9,12H2. The minimum Gasteiger partial charge on any atom is -0.367 e. The van der Waals surface area contributed by atoms with Crippen molar-refractivity contribution in [2.24, 2.45) is 5.73 Å². The van der Waals surface area contributed by atoms with Gasteiger partial charge in [-0.05, 0) is 24.5 Å². The molecule has 0 bridgehead atoms. The largest absolute Gasteiger partial charge is 0.367 e. The molecule has 0 amide bonds. The van der Waals surface area contributed by atoms with Gasteiger partial charge in [0.1, 0.15) is 0 Å². The van der Waals surface area contributed by atoms with Crippen LogP contribution < -0.4 is 5.73 Å². The van der Waals surface area contributed by atoms with Crippen molar-refractivity contribution in [3.63, 3.8) is 0 Å². The number of aromatic nitrogens is 1. The molecule has 0 spiro atoms. The molecule has 1 heterocycles. The molecule has 1 aromatic heterocycles. The summed E-state index contributed by atoms with van der Waals surface area (Å²) in [7, 11) is 0. The van der Waals surface area contributed by atoms with E-state index < -0.39 is 0 Å². The molecule has 1 aliphatic carbocycles. The zero-order chi connectivity index (χ0) is 9.15. The molecule has 1 fully saturated rings. The lowest BCUT2D eigenvalue weighted by Gasteiger charge is -2.35. The minimum atomic E-state index is 0.290.